The van der Waals surface area contributed by atoms with Gasteiger partial charge in [0.2, 0.25) is 5.91 Å². The molecule has 238 valence electrons. The van der Waals surface area contributed by atoms with E-state index in [0.29, 0.717) is 0 Å². The van der Waals surface area contributed by atoms with E-state index in [4.69, 9.17) is 0 Å². The molecule has 0 saturated carbocycles. The van der Waals surface area contributed by atoms with E-state index in [9.17, 15) is 4.79 Å². The number of carbonyl (C=O) groups excluding carboxylic acids is 1. The molecule has 0 fully saturated rings. The quantitative estimate of drug-likeness (QED) is 0.0598. The van der Waals surface area contributed by atoms with Crippen LogP contribution in [0, 0.1) is 0 Å². The molecular weight excluding hydrogens is 593 g/mol. The SMILES string of the molecule is C=CC(=O)NCCC.CCCCCCCCCCCCN(C)C.CCCCCCCCCCCCN(C)C.I. The number of unbranched alkanes of at least 4 members (excludes halogenated alkanes) is 18. The summed E-state index contributed by atoms with van der Waals surface area (Å²) in [4.78, 5) is 14.9. The van der Waals surface area contributed by atoms with Crippen molar-refractivity contribution in [1.82, 2.24) is 15.1 Å². The van der Waals surface area contributed by atoms with E-state index < -0.39 is 0 Å². The molecule has 0 aliphatic carbocycles. The summed E-state index contributed by atoms with van der Waals surface area (Å²) in [5.74, 6) is -0.0909. The van der Waals surface area contributed by atoms with Crippen LogP contribution >= 0.6 is 24.0 Å². The third-order valence-corrected chi connectivity index (χ3v) is 6.65. The van der Waals surface area contributed by atoms with Crippen molar-refractivity contribution in [2.75, 3.05) is 47.8 Å². The van der Waals surface area contributed by atoms with Crippen LogP contribution < -0.4 is 5.32 Å². The Morgan fingerprint density at radius 3 is 1.05 bits per heavy atom. The Hall–Kier alpha value is -0.140. The fraction of sp³-hybridized carbons (Fsp3) is 0.912. The van der Waals surface area contributed by atoms with Gasteiger partial charge in [0.25, 0.3) is 0 Å². The van der Waals surface area contributed by atoms with E-state index in [1.165, 1.54) is 148 Å². The van der Waals surface area contributed by atoms with Crippen molar-refractivity contribution >= 4 is 29.9 Å². The Kier molecular flexibility index (Phi) is 49.7. The molecule has 0 spiro atoms. The molecule has 0 aromatic rings. The summed E-state index contributed by atoms with van der Waals surface area (Å²) in [6.07, 6.45) is 31.0. The monoisotopic (exact) mass is 667 g/mol. The Morgan fingerprint density at radius 2 is 0.821 bits per heavy atom. The zero-order chi connectivity index (χ0) is 29.1. The average Bonchev–Trinajstić information content (AvgIpc) is 2.90. The van der Waals surface area contributed by atoms with Crippen LogP contribution in [0.1, 0.15) is 156 Å². The second-order valence-corrected chi connectivity index (χ2v) is 11.5. The highest BCUT2D eigenvalue weighted by molar-refractivity contribution is 14.0. The van der Waals surface area contributed by atoms with Crippen LogP contribution in [-0.2, 0) is 4.79 Å². The van der Waals surface area contributed by atoms with Gasteiger partial charge in [-0.2, -0.15) is 0 Å². The maximum absolute atomic E-state index is 10.3. The molecule has 0 unspecified atom stereocenters. The number of hydrogen-bond donors (Lipinski definition) is 1. The number of nitrogens with one attached hydrogen (secondary N) is 1. The average molecular weight is 668 g/mol. The minimum atomic E-state index is -0.0909. The lowest BCUT2D eigenvalue weighted by Crippen LogP contribution is -2.20. The molecule has 0 radical (unpaired) electrons. The molecule has 0 saturated heterocycles. The first-order valence-corrected chi connectivity index (χ1v) is 16.5. The standard InChI is InChI=1S/2C14H31N.C6H11NO.HI/c2*1-4-5-6-7-8-9-10-11-12-13-14-15(2)3;1-3-5-7-6(8)4-2;/h2*4-14H2,1-3H3;4H,2-3,5H2,1H3,(H,7,8);1H. The van der Waals surface area contributed by atoms with Crippen molar-refractivity contribution in [2.45, 2.75) is 156 Å². The van der Waals surface area contributed by atoms with Gasteiger partial charge in [-0.1, -0.05) is 143 Å². The first-order valence-electron chi connectivity index (χ1n) is 16.5. The van der Waals surface area contributed by atoms with Crippen LogP contribution in [0.2, 0.25) is 0 Å². The third kappa shape index (κ3) is 54.6. The summed E-state index contributed by atoms with van der Waals surface area (Å²) in [7, 11) is 8.64. The lowest BCUT2D eigenvalue weighted by Gasteiger charge is -2.08. The summed E-state index contributed by atoms with van der Waals surface area (Å²) in [5.41, 5.74) is 0. The molecule has 0 bridgehead atoms. The molecule has 39 heavy (non-hydrogen) atoms. The van der Waals surface area contributed by atoms with Crippen LogP contribution in [0.15, 0.2) is 12.7 Å². The van der Waals surface area contributed by atoms with Gasteiger partial charge in [0, 0.05) is 6.54 Å². The number of rotatable bonds is 25. The summed E-state index contributed by atoms with van der Waals surface area (Å²) in [6.45, 7) is 13.1. The van der Waals surface area contributed by atoms with Crippen molar-refractivity contribution in [3.8, 4) is 0 Å². The Bertz CT molecular complexity index is 416. The van der Waals surface area contributed by atoms with Gasteiger partial charge in [-0.15, -0.1) is 24.0 Å². The summed E-state index contributed by atoms with van der Waals surface area (Å²) in [6, 6.07) is 0. The topological polar surface area (TPSA) is 35.6 Å². The first kappa shape index (κ1) is 45.8. The third-order valence-electron chi connectivity index (χ3n) is 6.65. The second-order valence-electron chi connectivity index (χ2n) is 11.5. The van der Waals surface area contributed by atoms with Crippen molar-refractivity contribution < 1.29 is 4.79 Å². The van der Waals surface area contributed by atoms with Gasteiger partial charge in [0.15, 0.2) is 0 Å². The van der Waals surface area contributed by atoms with Gasteiger partial charge in [0.1, 0.15) is 0 Å². The molecule has 0 rings (SSSR count). The summed E-state index contributed by atoms with van der Waals surface area (Å²) >= 11 is 0. The Labute approximate surface area is 264 Å². The largest absolute Gasteiger partial charge is 0.353 e. The predicted octanol–water partition coefficient (Wildman–Crippen LogP) is 10.3. The minimum Gasteiger partial charge on any atom is -0.353 e. The number of amides is 1. The Balaban J connectivity index is -0.000000244. The number of hydrogen-bond acceptors (Lipinski definition) is 3. The molecule has 0 heterocycles. The van der Waals surface area contributed by atoms with E-state index in [-0.39, 0.29) is 29.9 Å². The molecule has 0 aromatic heterocycles. The highest BCUT2D eigenvalue weighted by Gasteiger charge is 1.94. The highest BCUT2D eigenvalue weighted by atomic mass is 127. The summed E-state index contributed by atoms with van der Waals surface area (Å²) < 4.78 is 0. The maximum Gasteiger partial charge on any atom is 0.243 e. The normalized spacial score (nSPS) is 10.3. The molecule has 5 heteroatoms. The van der Waals surface area contributed by atoms with Crippen LogP contribution in [0.5, 0.6) is 0 Å². The fourth-order valence-electron chi connectivity index (χ4n) is 4.15. The zero-order valence-corrected chi connectivity index (χ0v) is 30.3. The highest BCUT2D eigenvalue weighted by Crippen LogP contribution is 2.11. The van der Waals surface area contributed by atoms with E-state index in [2.05, 4.69) is 63.7 Å². The van der Waals surface area contributed by atoms with Crippen LogP contribution in [-0.4, -0.2) is 63.5 Å². The van der Waals surface area contributed by atoms with E-state index in [1.54, 1.807) is 0 Å². The Morgan fingerprint density at radius 1 is 0.538 bits per heavy atom. The van der Waals surface area contributed by atoms with Crippen molar-refractivity contribution in [1.29, 1.82) is 0 Å². The first-order chi connectivity index (χ1) is 18.3. The molecular formula is C34H74IN3O. The van der Waals surface area contributed by atoms with Gasteiger partial charge in [-0.05, 0) is 66.6 Å². The fourth-order valence-corrected chi connectivity index (χ4v) is 4.15. The van der Waals surface area contributed by atoms with Crippen molar-refractivity contribution in [2.24, 2.45) is 0 Å². The molecule has 1 amide bonds. The molecule has 0 aliphatic heterocycles. The van der Waals surface area contributed by atoms with Gasteiger partial charge in [-0.25, -0.2) is 0 Å². The van der Waals surface area contributed by atoms with E-state index in [0.717, 1.165) is 13.0 Å². The molecule has 0 aliphatic rings. The van der Waals surface area contributed by atoms with Crippen molar-refractivity contribution in [3.63, 3.8) is 0 Å². The number of halogens is 1. The van der Waals surface area contributed by atoms with Crippen LogP contribution in [0.25, 0.3) is 0 Å². The van der Waals surface area contributed by atoms with E-state index >= 15 is 0 Å². The van der Waals surface area contributed by atoms with Gasteiger partial charge in [-0.3, -0.25) is 4.79 Å². The van der Waals surface area contributed by atoms with Crippen LogP contribution in [0.4, 0.5) is 0 Å². The predicted molar refractivity (Wildman–Crippen MR) is 190 cm³/mol. The van der Waals surface area contributed by atoms with E-state index in [1.807, 2.05) is 6.92 Å². The smallest absolute Gasteiger partial charge is 0.243 e. The van der Waals surface area contributed by atoms with Gasteiger partial charge >= 0.3 is 0 Å². The maximum atomic E-state index is 10.3. The summed E-state index contributed by atoms with van der Waals surface area (Å²) in [5, 5.41) is 2.62. The molecule has 4 nitrogen and oxygen atoms in total. The lowest BCUT2D eigenvalue weighted by molar-refractivity contribution is -0.116. The second kappa shape index (κ2) is 42.3. The van der Waals surface area contributed by atoms with Gasteiger partial charge in [0.05, 0.1) is 0 Å². The molecule has 1 N–H and O–H groups in total. The molecule has 0 atom stereocenters. The number of nitrogens with zero attached hydrogens (tertiary/aromatic N) is 2. The number of carbonyl (C=O) groups is 1. The van der Waals surface area contributed by atoms with Gasteiger partial charge < -0.3 is 15.1 Å². The van der Waals surface area contributed by atoms with Crippen LogP contribution in [0.3, 0.4) is 0 Å². The minimum absolute atomic E-state index is 0. The molecule has 0 aromatic carbocycles. The lowest BCUT2D eigenvalue weighted by atomic mass is 10.1. The van der Waals surface area contributed by atoms with Crippen molar-refractivity contribution in [3.05, 3.63) is 12.7 Å². The zero-order valence-electron chi connectivity index (χ0n) is 28.0.